The van der Waals surface area contributed by atoms with Gasteiger partial charge in [0.05, 0.1) is 11.1 Å². The molecule has 2 heterocycles. The highest BCUT2D eigenvalue weighted by Crippen LogP contribution is 2.36. The smallest absolute Gasteiger partial charge is 0.217 e. The Labute approximate surface area is 150 Å². The first kappa shape index (κ1) is 16.9. The first-order valence-corrected chi connectivity index (χ1v) is 9.34. The van der Waals surface area contributed by atoms with Gasteiger partial charge in [0.2, 0.25) is 26.9 Å². The number of hydrogen-bond donors (Lipinski definition) is 1. The summed E-state index contributed by atoms with van der Waals surface area (Å²) in [5.74, 6) is -0.0103. The summed E-state index contributed by atoms with van der Waals surface area (Å²) >= 11 is 3.42. The van der Waals surface area contributed by atoms with E-state index in [4.69, 9.17) is 0 Å². The molecule has 0 amide bonds. The molecule has 1 aromatic heterocycles. The van der Waals surface area contributed by atoms with Gasteiger partial charge < -0.3 is 5.11 Å². The molecular weight excluding hydrogens is 336 g/mol. The molecule has 0 spiro atoms. The number of hydrogen-bond acceptors (Lipinski definition) is 3. The summed E-state index contributed by atoms with van der Waals surface area (Å²) in [6.45, 7) is 8.16. The highest BCUT2D eigenvalue weighted by molar-refractivity contribution is 8.06. The average Bonchev–Trinajstić information content (AvgIpc) is 2.48. The van der Waals surface area contributed by atoms with Gasteiger partial charge in [0.15, 0.2) is 0 Å². The van der Waals surface area contributed by atoms with Crippen molar-refractivity contribution in [1.82, 2.24) is 0 Å². The minimum atomic E-state index is -0.0989. The predicted molar refractivity (Wildman–Crippen MR) is 104 cm³/mol. The summed E-state index contributed by atoms with van der Waals surface area (Å²) in [6.07, 6.45) is 7.59. The molecule has 0 aromatic carbocycles. The van der Waals surface area contributed by atoms with E-state index >= 15 is 0 Å². The van der Waals surface area contributed by atoms with E-state index in [0.717, 1.165) is 11.1 Å². The Kier molecular flexibility index (Phi) is 4.61. The minimum absolute atomic E-state index is 0.0886. The van der Waals surface area contributed by atoms with Crippen LogP contribution in [0.4, 0.5) is 0 Å². The number of aliphatic hydroxyl groups is 1. The third-order valence-electron chi connectivity index (χ3n) is 3.75. The van der Waals surface area contributed by atoms with Crippen molar-refractivity contribution in [3.63, 3.8) is 0 Å². The van der Waals surface area contributed by atoms with Crippen molar-refractivity contribution < 1.29 is 9.90 Å². The van der Waals surface area contributed by atoms with Crippen LogP contribution >= 0.6 is 23.1 Å². The largest absolute Gasteiger partial charge is 0.506 e. The molecule has 0 fully saturated rings. The fraction of sp³-hybridized carbons (Fsp3) is 0.200. The fourth-order valence-electron chi connectivity index (χ4n) is 2.86. The van der Waals surface area contributed by atoms with Crippen LogP contribution in [0.3, 0.4) is 0 Å². The van der Waals surface area contributed by atoms with Gasteiger partial charge in [-0.15, -0.1) is 0 Å². The maximum absolute atomic E-state index is 12.4. The number of thioether (sulfide) groups is 1. The van der Waals surface area contributed by atoms with Gasteiger partial charge in [-0.2, -0.15) is 0 Å². The zero-order valence-electron chi connectivity index (χ0n) is 14.1. The number of rotatable bonds is 2. The number of ketones is 1. The summed E-state index contributed by atoms with van der Waals surface area (Å²) in [6, 6.07) is 4.05. The third kappa shape index (κ3) is 3.45. The van der Waals surface area contributed by atoms with E-state index in [-0.39, 0.29) is 11.5 Å². The first-order chi connectivity index (χ1) is 11.3. The normalized spacial score (nSPS) is 19.2. The molecule has 0 bridgehead atoms. The average molecular weight is 356 g/mol. The molecule has 1 aliphatic carbocycles. The Bertz CT molecular complexity index is 856. The van der Waals surface area contributed by atoms with Crippen LogP contribution in [0.25, 0.3) is 6.08 Å². The molecule has 4 heteroatoms. The van der Waals surface area contributed by atoms with Crippen LogP contribution in [0.15, 0.2) is 62.6 Å². The number of carbonyl (C=O) groups excluding carboxylic acids is 1. The maximum Gasteiger partial charge on any atom is 0.217 e. The van der Waals surface area contributed by atoms with Gasteiger partial charge in [-0.25, -0.2) is 0 Å². The van der Waals surface area contributed by atoms with E-state index in [1.807, 2.05) is 52.0 Å². The summed E-state index contributed by atoms with van der Waals surface area (Å²) < 4.78 is 0. The van der Waals surface area contributed by atoms with Crippen molar-refractivity contribution in [2.24, 2.45) is 0 Å². The van der Waals surface area contributed by atoms with Crippen molar-refractivity contribution in [2.45, 2.75) is 27.7 Å². The second-order valence-corrected chi connectivity index (χ2v) is 9.00. The summed E-state index contributed by atoms with van der Waals surface area (Å²) in [4.78, 5) is 17.1. The van der Waals surface area contributed by atoms with Crippen LogP contribution in [0.2, 0.25) is 0 Å². The first-order valence-electron chi connectivity index (χ1n) is 7.71. The van der Waals surface area contributed by atoms with Gasteiger partial charge >= 0.3 is 0 Å². The highest BCUT2D eigenvalue weighted by Gasteiger charge is 2.32. The van der Waals surface area contributed by atoms with Crippen LogP contribution in [-0.4, -0.2) is 10.9 Å². The lowest BCUT2D eigenvalue weighted by Gasteiger charge is -2.20. The quantitative estimate of drug-likeness (QED) is 0.530. The monoisotopic (exact) mass is 355 g/mol. The second-order valence-electron chi connectivity index (χ2n) is 6.02. The number of aliphatic hydroxyl groups excluding tert-OH is 1. The van der Waals surface area contributed by atoms with Crippen LogP contribution < -0.4 is 0 Å². The van der Waals surface area contributed by atoms with Gasteiger partial charge in [0.25, 0.3) is 0 Å². The summed E-state index contributed by atoms with van der Waals surface area (Å²) in [7, 11) is 0. The number of allylic oxidation sites excluding steroid dienone is 8. The third-order valence-corrected chi connectivity index (χ3v) is 5.50. The molecule has 0 radical (unpaired) electrons. The van der Waals surface area contributed by atoms with Crippen molar-refractivity contribution in [3.8, 4) is 0 Å². The van der Waals surface area contributed by atoms with Crippen molar-refractivity contribution in [1.29, 1.82) is 0 Å². The number of Topliss-reactive ketones (excluding diaryl/α,β-unsaturated/α-hetero) is 1. The standard InChI is InChI=1S/C20H18O2S2/c1-11-5-15(6-12(2)23-11)9-17-19(21)18(20(17)22)10-16-7-13(3)24-14(4)8-16/h5-10H,1-4H3/p+1. The van der Waals surface area contributed by atoms with Crippen molar-refractivity contribution >= 4 is 35.0 Å². The van der Waals surface area contributed by atoms with Gasteiger partial charge in [0.1, 0.15) is 5.76 Å². The van der Waals surface area contributed by atoms with E-state index in [1.54, 1.807) is 35.3 Å². The number of aryl methyl sites for hydroxylation is 2. The molecule has 3 rings (SSSR count). The lowest BCUT2D eigenvalue weighted by atomic mass is 9.85. The van der Waals surface area contributed by atoms with Crippen LogP contribution in [-0.2, 0) is 4.79 Å². The molecule has 0 unspecified atom stereocenters. The van der Waals surface area contributed by atoms with Crippen LogP contribution in [0, 0.1) is 13.8 Å². The topological polar surface area (TPSA) is 37.3 Å². The molecule has 0 saturated heterocycles. The zero-order valence-corrected chi connectivity index (χ0v) is 15.8. The highest BCUT2D eigenvalue weighted by atomic mass is 32.2. The lowest BCUT2D eigenvalue weighted by Crippen LogP contribution is -2.21. The Hall–Kier alpha value is -1.91. The zero-order chi connectivity index (χ0) is 17.4. The van der Waals surface area contributed by atoms with E-state index in [1.165, 1.54) is 19.6 Å². The molecule has 2 nitrogen and oxygen atoms in total. The maximum atomic E-state index is 12.4. The number of carbonyl (C=O) groups is 1. The molecule has 24 heavy (non-hydrogen) atoms. The Balaban J connectivity index is 1.94. The second kappa shape index (κ2) is 6.54. The molecule has 0 atom stereocenters. The molecule has 122 valence electrons. The minimum Gasteiger partial charge on any atom is -0.506 e. The van der Waals surface area contributed by atoms with Gasteiger partial charge in [-0.3, -0.25) is 4.79 Å². The Morgan fingerprint density at radius 1 is 1.00 bits per heavy atom. The van der Waals surface area contributed by atoms with Crippen molar-refractivity contribution in [3.05, 3.63) is 78.0 Å². The van der Waals surface area contributed by atoms with Gasteiger partial charge in [-0.05, 0) is 59.1 Å². The molecular formula is C20H19O2S2+. The SMILES string of the molecule is CC1=CC(=CC2=C(O)/C(=C/c3cc(C)[s+]c(C)c3)C2=O)C=C(C)S1. The Morgan fingerprint density at radius 2 is 1.58 bits per heavy atom. The molecule has 1 N–H and O–H groups in total. The van der Waals surface area contributed by atoms with E-state index in [2.05, 4.69) is 0 Å². The molecule has 0 saturated carbocycles. The van der Waals surface area contributed by atoms with Gasteiger partial charge in [-0.1, -0.05) is 11.8 Å². The van der Waals surface area contributed by atoms with E-state index in [0.29, 0.717) is 11.1 Å². The molecule has 1 aliphatic heterocycles. The van der Waals surface area contributed by atoms with Crippen LogP contribution in [0.5, 0.6) is 0 Å². The van der Waals surface area contributed by atoms with Crippen LogP contribution in [0.1, 0.15) is 29.2 Å². The van der Waals surface area contributed by atoms with E-state index < -0.39 is 0 Å². The van der Waals surface area contributed by atoms with E-state index in [9.17, 15) is 9.90 Å². The summed E-state index contributed by atoms with van der Waals surface area (Å²) in [5, 5.41) is 10.3. The lowest BCUT2D eigenvalue weighted by molar-refractivity contribution is -0.113. The Morgan fingerprint density at radius 3 is 2.12 bits per heavy atom. The molecule has 1 aromatic rings. The molecule has 2 aliphatic rings. The fourth-order valence-corrected chi connectivity index (χ4v) is 4.65. The summed E-state index contributed by atoms with van der Waals surface area (Å²) in [5.41, 5.74) is 2.68. The van der Waals surface area contributed by atoms with Gasteiger partial charge in [0, 0.05) is 26.0 Å². The van der Waals surface area contributed by atoms with Crippen molar-refractivity contribution in [2.75, 3.05) is 0 Å². The predicted octanol–water partition coefficient (Wildman–Crippen LogP) is 5.91.